The Balaban J connectivity index is 1.74. The van der Waals surface area contributed by atoms with Gasteiger partial charge < -0.3 is 10.1 Å². The van der Waals surface area contributed by atoms with Crippen molar-refractivity contribution in [1.82, 2.24) is 10.3 Å². The molecule has 0 aliphatic rings. The number of hydrogen-bond acceptors (Lipinski definition) is 4. The highest BCUT2D eigenvalue weighted by Crippen LogP contribution is 2.00. The van der Waals surface area contributed by atoms with Crippen LogP contribution in [0.25, 0.3) is 0 Å². The van der Waals surface area contributed by atoms with Crippen molar-refractivity contribution in [3.8, 4) is 0 Å². The molecule has 102 valence electrons. The van der Waals surface area contributed by atoms with Crippen LogP contribution >= 0.6 is 0 Å². The van der Waals surface area contributed by atoms with Gasteiger partial charge in [-0.15, -0.1) is 0 Å². The van der Waals surface area contributed by atoms with E-state index in [1.54, 1.807) is 12.1 Å². The average Bonchev–Trinajstić information content (AvgIpc) is 2.52. The van der Waals surface area contributed by atoms with Gasteiger partial charge in [-0.2, -0.15) is 0 Å². The molecule has 0 unspecified atom stereocenters. The van der Waals surface area contributed by atoms with Crippen LogP contribution in [0.2, 0.25) is 0 Å². The van der Waals surface area contributed by atoms with Gasteiger partial charge in [-0.25, -0.2) is 0 Å². The topological polar surface area (TPSA) is 68.3 Å². The summed E-state index contributed by atoms with van der Waals surface area (Å²) in [5.74, 6) is -0.805. The highest BCUT2D eigenvalue weighted by atomic mass is 16.5. The molecule has 1 heterocycles. The molecular weight excluding hydrogens is 256 g/mol. The van der Waals surface area contributed by atoms with Crippen molar-refractivity contribution in [3.05, 3.63) is 66.0 Å². The number of amides is 1. The molecule has 1 aromatic heterocycles. The number of rotatable bonds is 5. The molecule has 1 N–H and O–H groups in total. The van der Waals surface area contributed by atoms with Crippen LogP contribution in [0.15, 0.2) is 54.9 Å². The van der Waals surface area contributed by atoms with Crippen molar-refractivity contribution in [3.63, 3.8) is 0 Å². The van der Waals surface area contributed by atoms with E-state index >= 15 is 0 Å². The van der Waals surface area contributed by atoms with Crippen molar-refractivity contribution < 1.29 is 14.3 Å². The molecule has 0 aliphatic carbocycles. The van der Waals surface area contributed by atoms with E-state index in [9.17, 15) is 9.59 Å². The summed E-state index contributed by atoms with van der Waals surface area (Å²) in [6.07, 6.45) is 3.03. The number of benzene rings is 1. The molecule has 0 aliphatic heterocycles. The second-order valence-electron chi connectivity index (χ2n) is 4.06. The van der Waals surface area contributed by atoms with Gasteiger partial charge in [0.15, 0.2) is 0 Å². The van der Waals surface area contributed by atoms with E-state index in [0.29, 0.717) is 5.56 Å². The number of ether oxygens (including phenoxy) is 1. The van der Waals surface area contributed by atoms with Gasteiger partial charge >= 0.3 is 5.97 Å². The summed E-state index contributed by atoms with van der Waals surface area (Å²) in [4.78, 5) is 27.0. The van der Waals surface area contributed by atoms with Crippen LogP contribution in [0.3, 0.4) is 0 Å². The van der Waals surface area contributed by atoms with Gasteiger partial charge in [-0.05, 0) is 17.7 Å². The molecule has 5 nitrogen and oxygen atoms in total. The van der Waals surface area contributed by atoms with Crippen molar-refractivity contribution in [1.29, 1.82) is 0 Å². The van der Waals surface area contributed by atoms with Crippen LogP contribution in [-0.4, -0.2) is 23.4 Å². The van der Waals surface area contributed by atoms with Gasteiger partial charge in [-0.3, -0.25) is 14.6 Å². The van der Waals surface area contributed by atoms with Crippen LogP contribution < -0.4 is 5.32 Å². The Bertz CT molecular complexity index is 570. The monoisotopic (exact) mass is 270 g/mol. The quantitative estimate of drug-likeness (QED) is 0.837. The van der Waals surface area contributed by atoms with Crippen molar-refractivity contribution in [2.45, 2.75) is 6.61 Å². The number of esters is 1. The lowest BCUT2D eigenvalue weighted by Gasteiger charge is -2.06. The minimum atomic E-state index is -0.476. The standard InChI is InChI=1S/C15H14N2O3/c18-14(20-11-12-4-2-1-3-5-12)10-17-15(19)13-6-8-16-9-7-13/h1-9H,10-11H2,(H,17,19). The average molecular weight is 270 g/mol. The maximum absolute atomic E-state index is 11.7. The smallest absolute Gasteiger partial charge is 0.325 e. The molecule has 20 heavy (non-hydrogen) atoms. The predicted molar refractivity (Wildman–Crippen MR) is 72.8 cm³/mol. The van der Waals surface area contributed by atoms with Gasteiger partial charge in [0.2, 0.25) is 0 Å². The fraction of sp³-hybridized carbons (Fsp3) is 0.133. The van der Waals surface area contributed by atoms with Crippen molar-refractivity contribution in [2.75, 3.05) is 6.54 Å². The maximum Gasteiger partial charge on any atom is 0.325 e. The number of aromatic nitrogens is 1. The first-order valence-electron chi connectivity index (χ1n) is 6.13. The molecule has 1 aromatic carbocycles. The zero-order chi connectivity index (χ0) is 14.2. The lowest BCUT2D eigenvalue weighted by atomic mass is 10.2. The first kappa shape index (κ1) is 13.7. The Hall–Kier alpha value is -2.69. The molecule has 0 atom stereocenters. The number of hydrogen-bond donors (Lipinski definition) is 1. The van der Waals surface area contributed by atoms with Crippen LogP contribution in [0.4, 0.5) is 0 Å². The number of carbonyl (C=O) groups is 2. The van der Waals surface area contributed by atoms with Crippen LogP contribution in [-0.2, 0) is 16.1 Å². The van der Waals surface area contributed by atoms with E-state index in [-0.39, 0.29) is 19.1 Å². The van der Waals surface area contributed by atoms with E-state index < -0.39 is 5.97 Å². The largest absolute Gasteiger partial charge is 0.460 e. The first-order valence-corrected chi connectivity index (χ1v) is 6.13. The summed E-state index contributed by atoms with van der Waals surface area (Å²) < 4.78 is 5.05. The van der Waals surface area contributed by atoms with E-state index in [2.05, 4.69) is 10.3 Å². The Kier molecular flexibility index (Phi) is 4.83. The third-order valence-corrected chi connectivity index (χ3v) is 2.58. The molecule has 5 heteroatoms. The number of pyridine rings is 1. The molecule has 2 rings (SSSR count). The van der Waals surface area contributed by atoms with Gasteiger partial charge in [0.25, 0.3) is 5.91 Å². The normalized spacial score (nSPS) is 9.80. The summed E-state index contributed by atoms with van der Waals surface area (Å²) in [7, 11) is 0. The first-order chi connectivity index (χ1) is 9.75. The maximum atomic E-state index is 11.7. The summed E-state index contributed by atoms with van der Waals surface area (Å²) in [6.45, 7) is 0.0405. The van der Waals surface area contributed by atoms with Crippen molar-refractivity contribution >= 4 is 11.9 Å². The Morgan fingerprint density at radius 3 is 2.45 bits per heavy atom. The second kappa shape index (κ2) is 7.04. The molecule has 0 saturated carbocycles. The van der Waals surface area contributed by atoms with E-state index in [1.807, 2.05) is 30.3 Å². The fourth-order valence-electron chi connectivity index (χ4n) is 1.55. The zero-order valence-electron chi connectivity index (χ0n) is 10.8. The van der Waals surface area contributed by atoms with Crippen LogP contribution in [0.1, 0.15) is 15.9 Å². The molecule has 0 spiro atoms. The summed E-state index contributed by atoms with van der Waals surface area (Å²) in [5, 5.41) is 2.49. The third kappa shape index (κ3) is 4.20. The van der Waals surface area contributed by atoms with E-state index in [0.717, 1.165) is 5.56 Å². The number of nitrogens with one attached hydrogen (secondary N) is 1. The predicted octanol–water partition coefficient (Wildman–Crippen LogP) is 1.55. The van der Waals surface area contributed by atoms with Crippen LogP contribution in [0, 0.1) is 0 Å². The minimum absolute atomic E-state index is 0.159. The lowest BCUT2D eigenvalue weighted by molar-refractivity contribution is -0.143. The Morgan fingerprint density at radius 2 is 1.75 bits per heavy atom. The van der Waals surface area contributed by atoms with Crippen LogP contribution in [0.5, 0.6) is 0 Å². The molecule has 0 saturated heterocycles. The molecule has 0 bridgehead atoms. The summed E-state index contributed by atoms with van der Waals surface area (Å²) in [5.41, 5.74) is 1.36. The highest BCUT2D eigenvalue weighted by Gasteiger charge is 2.08. The molecule has 1 amide bonds. The molecular formula is C15H14N2O3. The van der Waals surface area contributed by atoms with Gasteiger partial charge in [0.1, 0.15) is 13.2 Å². The number of carbonyl (C=O) groups excluding carboxylic acids is 2. The van der Waals surface area contributed by atoms with E-state index in [1.165, 1.54) is 12.4 Å². The van der Waals surface area contributed by atoms with E-state index in [4.69, 9.17) is 4.74 Å². The summed E-state index contributed by atoms with van der Waals surface area (Å²) >= 11 is 0. The Labute approximate surface area is 116 Å². The zero-order valence-corrected chi connectivity index (χ0v) is 10.8. The second-order valence-corrected chi connectivity index (χ2v) is 4.06. The molecule has 0 radical (unpaired) electrons. The third-order valence-electron chi connectivity index (χ3n) is 2.58. The SMILES string of the molecule is O=C(CNC(=O)c1ccncc1)OCc1ccccc1. The van der Waals surface area contributed by atoms with Gasteiger partial charge in [0.05, 0.1) is 0 Å². The van der Waals surface area contributed by atoms with Crippen molar-refractivity contribution in [2.24, 2.45) is 0 Å². The molecule has 2 aromatic rings. The van der Waals surface area contributed by atoms with Gasteiger partial charge in [0, 0.05) is 18.0 Å². The fourth-order valence-corrected chi connectivity index (χ4v) is 1.55. The highest BCUT2D eigenvalue weighted by molar-refractivity contribution is 5.95. The lowest BCUT2D eigenvalue weighted by Crippen LogP contribution is -2.30. The Morgan fingerprint density at radius 1 is 1.05 bits per heavy atom. The summed E-state index contributed by atoms with van der Waals surface area (Å²) in [6, 6.07) is 12.5. The van der Waals surface area contributed by atoms with Gasteiger partial charge in [-0.1, -0.05) is 30.3 Å². The number of nitrogens with zero attached hydrogens (tertiary/aromatic N) is 1. The minimum Gasteiger partial charge on any atom is -0.460 e. The molecule has 0 fully saturated rings.